The average Bonchev–Trinajstić information content (AvgIpc) is 2.98. The molecule has 0 saturated heterocycles. The van der Waals surface area contributed by atoms with E-state index in [1.54, 1.807) is 6.08 Å². The van der Waals surface area contributed by atoms with Crippen LogP contribution in [0.15, 0.2) is 17.8 Å². The molecule has 0 bridgehead atoms. The molecular weight excluding hydrogens is 298 g/mol. The van der Waals surface area contributed by atoms with E-state index in [0.29, 0.717) is 6.04 Å². The van der Waals surface area contributed by atoms with Gasteiger partial charge < -0.3 is 10.3 Å². The van der Waals surface area contributed by atoms with Crippen LogP contribution in [0.4, 0.5) is 0 Å². The van der Waals surface area contributed by atoms with Gasteiger partial charge in [-0.3, -0.25) is 9.79 Å². The molecule has 1 aromatic heterocycles. The van der Waals surface area contributed by atoms with Gasteiger partial charge in [0.15, 0.2) is 5.78 Å². The zero-order valence-corrected chi connectivity index (χ0v) is 16.0. The third-order valence-electron chi connectivity index (χ3n) is 4.53. The fourth-order valence-electron chi connectivity index (χ4n) is 2.77. The molecule has 0 saturated carbocycles. The van der Waals surface area contributed by atoms with Gasteiger partial charge in [-0.2, -0.15) is 0 Å². The van der Waals surface area contributed by atoms with Gasteiger partial charge in [-0.1, -0.05) is 34.3 Å². The van der Waals surface area contributed by atoms with Crippen molar-refractivity contribution in [1.29, 1.82) is 0 Å². The molecule has 3 unspecified atom stereocenters. The van der Waals surface area contributed by atoms with Crippen LogP contribution in [0.5, 0.6) is 0 Å². The molecule has 0 aromatic carbocycles. The summed E-state index contributed by atoms with van der Waals surface area (Å²) in [5, 5.41) is 3.52. The number of Topliss-reactive ketones (excluding diaryl/α,β-unsaturated/α-hetero) is 1. The first kappa shape index (κ1) is 20.4. The highest BCUT2D eigenvalue weighted by molar-refractivity contribution is 5.90. The Morgan fingerprint density at radius 1 is 1.33 bits per heavy atom. The maximum Gasteiger partial charge on any atom is 0.152 e. The number of carbonyl (C=O) groups excluding carboxylic acids is 1. The number of aliphatic imine (C=N–C) groups is 1. The Balaban J connectivity index is 3.24. The van der Waals surface area contributed by atoms with Crippen molar-refractivity contribution in [3.63, 3.8) is 0 Å². The zero-order valence-electron chi connectivity index (χ0n) is 16.0. The molecule has 4 heteroatoms. The van der Waals surface area contributed by atoms with E-state index < -0.39 is 0 Å². The van der Waals surface area contributed by atoms with Crippen LogP contribution in [0.3, 0.4) is 0 Å². The van der Waals surface area contributed by atoms with Crippen LogP contribution >= 0.6 is 0 Å². The first-order valence-electron chi connectivity index (χ1n) is 9.00. The second-order valence-electron chi connectivity index (χ2n) is 6.70. The predicted molar refractivity (Wildman–Crippen MR) is 104 cm³/mol. The highest BCUT2D eigenvalue weighted by Crippen LogP contribution is 2.27. The van der Waals surface area contributed by atoms with Gasteiger partial charge >= 0.3 is 0 Å². The fourth-order valence-corrected chi connectivity index (χ4v) is 2.77. The second-order valence-corrected chi connectivity index (χ2v) is 6.70. The molecule has 134 valence electrons. The number of nitrogens with one attached hydrogen (secondary N) is 2. The van der Waals surface area contributed by atoms with Crippen LogP contribution in [0.1, 0.15) is 70.7 Å². The van der Waals surface area contributed by atoms with E-state index in [4.69, 9.17) is 0 Å². The summed E-state index contributed by atoms with van der Waals surface area (Å²) >= 11 is 0. The van der Waals surface area contributed by atoms with Crippen molar-refractivity contribution in [3.05, 3.63) is 29.6 Å². The van der Waals surface area contributed by atoms with E-state index in [1.165, 1.54) is 0 Å². The summed E-state index contributed by atoms with van der Waals surface area (Å²) in [4.78, 5) is 20.4. The molecule has 4 nitrogen and oxygen atoms in total. The van der Waals surface area contributed by atoms with Crippen molar-refractivity contribution in [3.8, 4) is 0 Å². The Hall–Kier alpha value is -1.68. The van der Waals surface area contributed by atoms with Crippen molar-refractivity contribution >= 4 is 18.1 Å². The van der Waals surface area contributed by atoms with Crippen LogP contribution in [-0.2, 0) is 4.79 Å². The maximum absolute atomic E-state index is 12.8. The molecule has 0 aliphatic heterocycles. The molecule has 0 amide bonds. The van der Waals surface area contributed by atoms with Crippen molar-refractivity contribution < 1.29 is 4.79 Å². The van der Waals surface area contributed by atoms with Crippen molar-refractivity contribution in [2.75, 3.05) is 6.54 Å². The van der Waals surface area contributed by atoms with E-state index in [9.17, 15) is 4.79 Å². The summed E-state index contributed by atoms with van der Waals surface area (Å²) in [6.07, 6.45) is 6.66. The molecule has 24 heavy (non-hydrogen) atoms. The molecular formula is C20H33N3O. The van der Waals surface area contributed by atoms with Crippen LogP contribution < -0.4 is 5.32 Å². The minimum absolute atomic E-state index is 0.000387. The quantitative estimate of drug-likeness (QED) is 0.632. The number of aromatic amines is 1. The van der Waals surface area contributed by atoms with Gasteiger partial charge in [0.2, 0.25) is 0 Å². The van der Waals surface area contributed by atoms with Gasteiger partial charge in [0.05, 0.1) is 6.04 Å². The lowest BCUT2D eigenvalue weighted by Crippen LogP contribution is -2.46. The minimum Gasteiger partial charge on any atom is -0.361 e. The highest BCUT2D eigenvalue weighted by Gasteiger charge is 2.30. The topological polar surface area (TPSA) is 57.2 Å². The monoisotopic (exact) mass is 331 g/mol. The van der Waals surface area contributed by atoms with E-state index in [-0.39, 0.29) is 23.7 Å². The Labute approximate surface area is 146 Å². The Bertz CT molecular complexity index is 571. The van der Waals surface area contributed by atoms with Crippen molar-refractivity contribution in [1.82, 2.24) is 10.3 Å². The van der Waals surface area contributed by atoms with Crippen LogP contribution in [0, 0.1) is 5.92 Å². The number of aromatic nitrogens is 1. The number of H-pyrrole nitrogens is 1. The van der Waals surface area contributed by atoms with Gasteiger partial charge in [0.1, 0.15) is 0 Å². The van der Waals surface area contributed by atoms with Gasteiger partial charge in [0, 0.05) is 48.1 Å². The summed E-state index contributed by atoms with van der Waals surface area (Å²) in [5.74, 6) is 0.305. The van der Waals surface area contributed by atoms with E-state index >= 15 is 0 Å². The summed E-state index contributed by atoms with van der Waals surface area (Å²) in [6.45, 7) is 16.9. The second kappa shape index (κ2) is 9.58. The smallest absolute Gasteiger partial charge is 0.152 e. The normalized spacial score (nSPS) is 15.6. The number of carbonyl (C=O) groups is 1. The number of rotatable bonds is 10. The Morgan fingerprint density at radius 2 is 2.00 bits per heavy atom. The standard InChI is InChI=1S/C20H33N3O/c1-8-14(6)23-19(20(24)13(4)5)15(7)16-12-22-18(9-2)17(16)11-21-10-3/h9,11-15,19,22-23H,2,8,10H2,1,3-7H3. The highest BCUT2D eigenvalue weighted by atomic mass is 16.1. The number of hydrogen-bond acceptors (Lipinski definition) is 3. The lowest BCUT2D eigenvalue weighted by molar-refractivity contribution is -0.124. The van der Waals surface area contributed by atoms with Gasteiger partial charge in [-0.25, -0.2) is 0 Å². The van der Waals surface area contributed by atoms with Crippen LogP contribution in [0.2, 0.25) is 0 Å². The Morgan fingerprint density at radius 3 is 2.50 bits per heavy atom. The molecule has 1 heterocycles. The average molecular weight is 332 g/mol. The SMILES string of the molecule is C=Cc1[nH]cc(C(C)C(NC(C)CC)C(=O)C(C)C)c1C=NCC. The fraction of sp³-hybridized carbons (Fsp3) is 0.600. The molecule has 3 atom stereocenters. The molecule has 1 rings (SSSR count). The first-order chi connectivity index (χ1) is 11.4. The van der Waals surface area contributed by atoms with E-state index in [1.807, 2.05) is 33.2 Å². The lowest BCUT2D eigenvalue weighted by atomic mass is 9.85. The van der Waals surface area contributed by atoms with Gasteiger partial charge in [-0.05, 0) is 31.9 Å². The van der Waals surface area contributed by atoms with Crippen LogP contribution in [-0.4, -0.2) is 35.6 Å². The van der Waals surface area contributed by atoms with E-state index in [2.05, 4.69) is 42.6 Å². The summed E-state index contributed by atoms with van der Waals surface area (Å²) in [7, 11) is 0. The molecule has 1 aromatic rings. The third kappa shape index (κ3) is 4.91. The predicted octanol–water partition coefficient (Wildman–Crippen LogP) is 4.18. The lowest BCUT2D eigenvalue weighted by Gasteiger charge is -2.28. The number of hydrogen-bond donors (Lipinski definition) is 2. The number of ketones is 1. The third-order valence-corrected chi connectivity index (χ3v) is 4.53. The van der Waals surface area contributed by atoms with Gasteiger partial charge in [-0.15, -0.1) is 0 Å². The number of nitrogens with zero attached hydrogens (tertiary/aromatic N) is 1. The molecule has 0 radical (unpaired) electrons. The largest absolute Gasteiger partial charge is 0.361 e. The molecule has 0 aliphatic rings. The van der Waals surface area contributed by atoms with Crippen LogP contribution in [0.25, 0.3) is 6.08 Å². The van der Waals surface area contributed by atoms with Gasteiger partial charge in [0.25, 0.3) is 0 Å². The maximum atomic E-state index is 12.8. The summed E-state index contributed by atoms with van der Waals surface area (Å²) in [5.41, 5.74) is 3.09. The molecule has 2 N–H and O–H groups in total. The molecule has 0 fully saturated rings. The van der Waals surface area contributed by atoms with Crippen molar-refractivity contribution in [2.24, 2.45) is 10.9 Å². The molecule has 0 spiro atoms. The zero-order chi connectivity index (χ0) is 18.3. The first-order valence-corrected chi connectivity index (χ1v) is 9.00. The van der Waals surface area contributed by atoms with E-state index in [0.717, 1.165) is 29.8 Å². The summed E-state index contributed by atoms with van der Waals surface area (Å²) < 4.78 is 0. The minimum atomic E-state index is -0.206. The summed E-state index contributed by atoms with van der Waals surface area (Å²) in [6, 6.07) is 0.0907. The Kier molecular flexibility index (Phi) is 8.13. The molecule has 0 aliphatic carbocycles. The van der Waals surface area contributed by atoms with Crippen molar-refractivity contribution in [2.45, 2.75) is 66.0 Å².